The number of hydrogen-bond donors (Lipinski definition) is 0. The molecule has 0 spiro atoms. The maximum absolute atomic E-state index is 11.5. The molecule has 1 heterocycles. The van der Waals surface area contributed by atoms with Gasteiger partial charge in [-0.2, -0.15) is 0 Å². The highest BCUT2D eigenvalue weighted by atomic mass is 16.5. The Bertz CT molecular complexity index is 498. The molecular weight excluding hydrogens is 224 g/mol. The van der Waals surface area contributed by atoms with Crippen molar-refractivity contribution in [3.8, 4) is 5.75 Å². The third kappa shape index (κ3) is 1.75. The summed E-state index contributed by atoms with van der Waals surface area (Å²) >= 11 is 0. The van der Waals surface area contributed by atoms with E-state index in [0.717, 1.165) is 16.9 Å². The Balaban J connectivity index is 2.57. The van der Waals surface area contributed by atoms with Crippen molar-refractivity contribution in [3.63, 3.8) is 0 Å². The van der Waals surface area contributed by atoms with Crippen LogP contribution in [0.4, 0.5) is 0 Å². The zero-order valence-corrected chi connectivity index (χ0v) is 12.1. The van der Waals surface area contributed by atoms with Gasteiger partial charge in [0, 0.05) is 11.0 Å². The first-order valence-corrected chi connectivity index (χ1v) is 6.51. The minimum absolute atomic E-state index is 0.0232. The number of Topliss-reactive ketones (excluding diaryl/α,β-unsaturated/α-hetero) is 1. The monoisotopic (exact) mass is 246 g/mol. The Morgan fingerprint density at radius 2 is 1.83 bits per heavy atom. The first kappa shape index (κ1) is 13.1. The van der Waals surface area contributed by atoms with E-state index in [4.69, 9.17) is 4.74 Å². The summed E-state index contributed by atoms with van der Waals surface area (Å²) < 4.78 is 6.13. The third-order valence-electron chi connectivity index (χ3n) is 4.88. The van der Waals surface area contributed by atoms with Gasteiger partial charge < -0.3 is 4.74 Å². The van der Waals surface area contributed by atoms with Crippen LogP contribution in [0.2, 0.25) is 0 Å². The SMILES string of the molecule is CC(=O)c1ccc2c(c1)C(C)C(C)(C)C(C)(C)O2. The van der Waals surface area contributed by atoms with Crippen LogP contribution in [-0.2, 0) is 0 Å². The zero-order valence-electron chi connectivity index (χ0n) is 12.1. The highest BCUT2D eigenvalue weighted by Crippen LogP contribution is 2.52. The molecule has 1 atom stereocenters. The van der Waals surface area contributed by atoms with Crippen molar-refractivity contribution in [2.24, 2.45) is 5.41 Å². The average molecular weight is 246 g/mol. The summed E-state index contributed by atoms with van der Waals surface area (Å²) in [5.74, 6) is 1.38. The van der Waals surface area contributed by atoms with Gasteiger partial charge in [0.25, 0.3) is 0 Å². The van der Waals surface area contributed by atoms with Gasteiger partial charge in [0.2, 0.25) is 0 Å². The Morgan fingerprint density at radius 1 is 1.22 bits per heavy atom. The summed E-state index contributed by atoms with van der Waals surface area (Å²) in [5, 5.41) is 0. The normalized spacial score (nSPS) is 24.0. The predicted octanol–water partition coefficient (Wildman–Crippen LogP) is 4.19. The molecule has 1 aromatic rings. The lowest BCUT2D eigenvalue weighted by molar-refractivity contribution is -0.0431. The summed E-state index contributed by atoms with van der Waals surface area (Å²) in [6, 6.07) is 5.77. The van der Waals surface area contributed by atoms with E-state index in [1.165, 1.54) is 0 Å². The van der Waals surface area contributed by atoms with Gasteiger partial charge in [0.15, 0.2) is 5.78 Å². The number of carbonyl (C=O) groups is 1. The lowest BCUT2D eigenvalue weighted by Gasteiger charge is -2.50. The lowest BCUT2D eigenvalue weighted by Crippen LogP contribution is -2.50. The minimum Gasteiger partial charge on any atom is -0.487 e. The molecule has 0 radical (unpaired) electrons. The van der Waals surface area contributed by atoms with E-state index in [2.05, 4.69) is 34.6 Å². The van der Waals surface area contributed by atoms with Crippen LogP contribution in [0.5, 0.6) is 5.75 Å². The number of rotatable bonds is 1. The van der Waals surface area contributed by atoms with Crippen LogP contribution in [0.3, 0.4) is 0 Å². The molecule has 0 saturated carbocycles. The summed E-state index contributed by atoms with van der Waals surface area (Å²) in [4.78, 5) is 11.5. The molecule has 18 heavy (non-hydrogen) atoms. The van der Waals surface area contributed by atoms with Crippen molar-refractivity contribution in [1.29, 1.82) is 0 Å². The number of fused-ring (bicyclic) bond motifs is 1. The minimum atomic E-state index is -0.211. The molecule has 0 bridgehead atoms. The Kier molecular flexibility index (Phi) is 2.80. The summed E-state index contributed by atoms with van der Waals surface area (Å²) in [6.07, 6.45) is 0. The molecular formula is C16H22O2. The van der Waals surface area contributed by atoms with Gasteiger partial charge >= 0.3 is 0 Å². The Labute approximate surface area is 109 Å². The first-order valence-electron chi connectivity index (χ1n) is 6.51. The van der Waals surface area contributed by atoms with Gasteiger partial charge in [0.05, 0.1) is 0 Å². The second kappa shape index (κ2) is 3.84. The van der Waals surface area contributed by atoms with E-state index in [1.807, 2.05) is 18.2 Å². The quantitative estimate of drug-likeness (QED) is 0.694. The zero-order chi connectivity index (χ0) is 13.7. The second-order valence-corrected chi connectivity index (χ2v) is 6.36. The molecule has 1 unspecified atom stereocenters. The summed E-state index contributed by atoms with van der Waals surface area (Å²) in [5.41, 5.74) is 1.72. The van der Waals surface area contributed by atoms with Crippen LogP contribution < -0.4 is 4.74 Å². The maximum atomic E-state index is 11.5. The molecule has 1 aromatic carbocycles. The van der Waals surface area contributed by atoms with E-state index in [1.54, 1.807) is 6.92 Å². The molecule has 2 rings (SSSR count). The fraction of sp³-hybridized carbons (Fsp3) is 0.562. The van der Waals surface area contributed by atoms with E-state index >= 15 is 0 Å². The molecule has 0 aromatic heterocycles. The predicted molar refractivity (Wildman–Crippen MR) is 73.3 cm³/mol. The number of carbonyl (C=O) groups excluding carboxylic acids is 1. The molecule has 0 fully saturated rings. The van der Waals surface area contributed by atoms with Crippen LogP contribution in [0.15, 0.2) is 18.2 Å². The highest BCUT2D eigenvalue weighted by molar-refractivity contribution is 5.94. The second-order valence-electron chi connectivity index (χ2n) is 6.36. The number of hydrogen-bond acceptors (Lipinski definition) is 2. The van der Waals surface area contributed by atoms with Gasteiger partial charge in [-0.1, -0.05) is 20.8 Å². The van der Waals surface area contributed by atoms with E-state index < -0.39 is 0 Å². The van der Waals surface area contributed by atoms with Gasteiger partial charge in [-0.25, -0.2) is 0 Å². The molecule has 0 saturated heterocycles. The lowest BCUT2D eigenvalue weighted by atomic mass is 9.64. The standard InChI is InChI=1S/C16H22O2/c1-10-13-9-12(11(2)17)7-8-14(13)18-16(5,6)15(10,3)4/h7-10H,1-6H3. The van der Waals surface area contributed by atoms with Crippen LogP contribution in [0.1, 0.15) is 63.4 Å². The van der Waals surface area contributed by atoms with Crippen molar-refractivity contribution < 1.29 is 9.53 Å². The van der Waals surface area contributed by atoms with Crippen LogP contribution in [0, 0.1) is 5.41 Å². The van der Waals surface area contributed by atoms with Crippen molar-refractivity contribution in [3.05, 3.63) is 29.3 Å². The Morgan fingerprint density at radius 3 is 2.39 bits per heavy atom. The number of ether oxygens (including phenoxy) is 1. The van der Waals surface area contributed by atoms with Gasteiger partial charge in [-0.15, -0.1) is 0 Å². The largest absolute Gasteiger partial charge is 0.487 e. The molecule has 1 aliphatic rings. The smallest absolute Gasteiger partial charge is 0.159 e. The molecule has 98 valence electrons. The number of benzene rings is 1. The van der Waals surface area contributed by atoms with Crippen molar-refractivity contribution in [1.82, 2.24) is 0 Å². The number of ketones is 1. The maximum Gasteiger partial charge on any atom is 0.159 e. The van der Waals surface area contributed by atoms with Crippen molar-refractivity contribution in [2.45, 2.75) is 53.1 Å². The van der Waals surface area contributed by atoms with Gasteiger partial charge in [-0.3, -0.25) is 4.79 Å². The Hall–Kier alpha value is -1.31. The first-order chi connectivity index (χ1) is 8.17. The van der Waals surface area contributed by atoms with Crippen LogP contribution in [-0.4, -0.2) is 11.4 Å². The van der Waals surface area contributed by atoms with Crippen LogP contribution in [0.25, 0.3) is 0 Å². The molecule has 2 nitrogen and oxygen atoms in total. The molecule has 0 amide bonds. The third-order valence-corrected chi connectivity index (χ3v) is 4.88. The van der Waals surface area contributed by atoms with E-state index in [9.17, 15) is 4.79 Å². The fourth-order valence-corrected chi connectivity index (χ4v) is 2.52. The topological polar surface area (TPSA) is 26.3 Å². The van der Waals surface area contributed by atoms with E-state index in [0.29, 0.717) is 5.92 Å². The molecule has 0 N–H and O–H groups in total. The summed E-state index contributed by atoms with van der Waals surface area (Å²) in [7, 11) is 0. The fourth-order valence-electron chi connectivity index (χ4n) is 2.52. The molecule has 2 heteroatoms. The van der Waals surface area contributed by atoms with Crippen LogP contribution >= 0.6 is 0 Å². The highest BCUT2D eigenvalue weighted by Gasteiger charge is 2.48. The molecule has 0 aliphatic carbocycles. The van der Waals surface area contributed by atoms with E-state index in [-0.39, 0.29) is 16.8 Å². The summed E-state index contributed by atoms with van der Waals surface area (Å²) in [6.45, 7) is 12.5. The van der Waals surface area contributed by atoms with Crippen molar-refractivity contribution >= 4 is 5.78 Å². The average Bonchev–Trinajstić information content (AvgIpc) is 2.26. The van der Waals surface area contributed by atoms with Crippen molar-refractivity contribution in [2.75, 3.05) is 0 Å². The van der Waals surface area contributed by atoms with Gasteiger partial charge in [-0.05, 0) is 50.5 Å². The molecule has 1 aliphatic heterocycles. The van der Waals surface area contributed by atoms with Gasteiger partial charge in [0.1, 0.15) is 11.4 Å².